The first-order valence-electron chi connectivity index (χ1n) is 9.34. The SMILES string of the molecule is O=C(c1ccccc1-n1nccn1)N1C[C@H]2CC(Nc3ccc(Cl)cn3)C1C2. The van der Waals surface area contributed by atoms with Crippen LogP contribution in [0.2, 0.25) is 5.02 Å². The number of para-hydroxylation sites is 1. The molecular weight excluding hydrogens is 376 g/mol. The number of nitrogens with one attached hydrogen (secondary N) is 1. The summed E-state index contributed by atoms with van der Waals surface area (Å²) in [4.78, 5) is 21.2. The molecule has 1 aliphatic carbocycles. The molecule has 1 aromatic carbocycles. The van der Waals surface area contributed by atoms with E-state index in [1.54, 1.807) is 18.6 Å². The number of nitrogens with zero attached hydrogens (tertiary/aromatic N) is 5. The van der Waals surface area contributed by atoms with Gasteiger partial charge in [0.25, 0.3) is 5.91 Å². The maximum Gasteiger partial charge on any atom is 0.256 e. The number of carbonyl (C=O) groups excluding carboxylic acids is 1. The van der Waals surface area contributed by atoms with Gasteiger partial charge in [-0.15, -0.1) is 0 Å². The number of pyridine rings is 1. The number of aromatic nitrogens is 4. The van der Waals surface area contributed by atoms with Gasteiger partial charge in [-0.2, -0.15) is 15.0 Å². The number of fused-ring (bicyclic) bond motifs is 2. The molecule has 0 radical (unpaired) electrons. The monoisotopic (exact) mass is 394 g/mol. The maximum absolute atomic E-state index is 13.4. The third-order valence-corrected chi connectivity index (χ3v) is 5.80. The van der Waals surface area contributed by atoms with Crippen LogP contribution >= 0.6 is 11.6 Å². The summed E-state index contributed by atoms with van der Waals surface area (Å²) >= 11 is 5.93. The molecule has 2 aliphatic rings. The number of hydrogen-bond donors (Lipinski definition) is 1. The van der Waals surface area contributed by atoms with E-state index in [9.17, 15) is 4.79 Å². The molecule has 3 aromatic rings. The number of rotatable bonds is 4. The number of piperidine rings is 1. The first-order valence-corrected chi connectivity index (χ1v) is 9.71. The number of hydrogen-bond acceptors (Lipinski definition) is 5. The van der Waals surface area contributed by atoms with Crippen LogP contribution < -0.4 is 5.32 Å². The van der Waals surface area contributed by atoms with E-state index in [1.165, 1.54) is 4.80 Å². The molecule has 2 unspecified atom stereocenters. The van der Waals surface area contributed by atoms with Crippen molar-refractivity contribution in [3.8, 4) is 5.69 Å². The van der Waals surface area contributed by atoms with Crippen molar-refractivity contribution in [2.75, 3.05) is 11.9 Å². The molecule has 1 saturated heterocycles. The van der Waals surface area contributed by atoms with E-state index in [0.717, 1.165) is 25.2 Å². The fourth-order valence-corrected chi connectivity index (χ4v) is 4.50. The molecule has 3 heterocycles. The molecule has 1 amide bonds. The Morgan fingerprint density at radius 3 is 2.68 bits per heavy atom. The van der Waals surface area contributed by atoms with E-state index in [1.807, 2.05) is 41.3 Å². The number of carbonyl (C=O) groups is 1. The Bertz CT molecular complexity index is 990. The Morgan fingerprint density at radius 2 is 1.93 bits per heavy atom. The minimum atomic E-state index is 0.0240. The predicted molar refractivity (Wildman–Crippen MR) is 106 cm³/mol. The zero-order chi connectivity index (χ0) is 19.1. The predicted octanol–water partition coefficient (Wildman–Crippen LogP) is 3.03. The van der Waals surface area contributed by atoms with Gasteiger partial charge in [0.1, 0.15) is 5.82 Å². The van der Waals surface area contributed by atoms with Crippen molar-refractivity contribution in [2.24, 2.45) is 5.92 Å². The first kappa shape index (κ1) is 17.2. The van der Waals surface area contributed by atoms with E-state index < -0.39 is 0 Å². The van der Waals surface area contributed by atoms with Gasteiger partial charge in [-0.25, -0.2) is 4.98 Å². The highest BCUT2D eigenvalue weighted by molar-refractivity contribution is 6.30. The van der Waals surface area contributed by atoms with Crippen LogP contribution in [0.1, 0.15) is 23.2 Å². The van der Waals surface area contributed by atoms with Gasteiger partial charge >= 0.3 is 0 Å². The minimum absolute atomic E-state index is 0.0240. The number of anilines is 1. The van der Waals surface area contributed by atoms with Gasteiger partial charge in [0.2, 0.25) is 0 Å². The summed E-state index contributed by atoms with van der Waals surface area (Å²) < 4.78 is 0. The molecule has 142 valence electrons. The molecule has 2 bridgehead atoms. The van der Waals surface area contributed by atoms with Gasteiger partial charge in [-0.05, 0) is 43.0 Å². The second-order valence-corrected chi connectivity index (χ2v) is 7.75. The maximum atomic E-state index is 13.4. The van der Waals surface area contributed by atoms with E-state index in [0.29, 0.717) is 22.2 Å². The number of likely N-dealkylation sites (tertiary alicyclic amines) is 1. The topological polar surface area (TPSA) is 75.9 Å². The standard InChI is InChI=1S/C20H19ClN6O/c21-14-5-6-19(22-11-14)25-16-9-13-10-18(16)26(12-13)20(28)15-3-1-2-4-17(15)27-23-7-8-24-27/h1-8,11,13,16,18H,9-10,12H2,(H,22,25)/t13-,16?,18?/m0/s1. The summed E-state index contributed by atoms with van der Waals surface area (Å²) in [6, 6.07) is 11.5. The van der Waals surface area contributed by atoms with E-state index in [4.69, 9.17) is 11.6 Å². The molecule has 28 heavy (non-hydrogen) atoms. The zero-order valence-electron chi connectivity index (χ0n) is 15.1. The van der Waals surface area contributed by atoms with Crippen LogP contribution in [-0.4, -0.2) is 49.4 Å². The van der Waals surface area contributed by atoms with Crippen molar-refractivity contribution < 1.29 is 4.79 Å². The van der Waals surface area contributed by atoms with Crippen molar-refractivity contribution >= 4 is 23.3 Å². The van der Waals surface area contributed by atoms with Crippen LogP contribution in [0.4, 0.5) is 5.82 Å². The molecule has 2 aromatic heterocycles. The van der Waals surface area contributed by atoms with Crippen LogP contribution in [0.3, 0.4) is 0 Å². The number of amides is 1. The van der Waals surface area contributed by atoms with Gasteiger partial charge < -0.3 is 10.2 Å². The highest BCUT2D eigenvalue weighted by Gasteiger charge is 2.47. The van der Waals surface area contributed by atoms with Crippen molar-refractivity contribution in [3.63, 3.8) is 0 Å². The third kappa shape index (κ3) is 3.01. The van der Waals surface area contributed by atoms with E-state index in [-0.39, 0.29) is 18.0 Å². The smallest absolute Gasteiger partial charge is 0.256 e. The van der Waals surface area contributed by atoms with E-state index in [2.05, 4.69) is 20.5 Å². The molecule has 3 atom stereocenters. The van der Waals surface area contributed by atoms with Crippen LogP contribution in [-0.2, 0) is 0 Å². The van der Waals surface area contributed by atoms with Crippen LogP contribution in [0.25, 0.3) is 5.69 Å². The molecule has 1 N–H and O–H groups in total. The number of benzene rings is 1. The third-order valence-electron chi connectivity index (χ3n) is 5.57. The summed E-state index contributed by atoms with van der Waals surface area (Å²) in [7, 11) is 0. The van der Waals surface area contributed by atoms with Gasteiger partial charge in [0, 0.05) is 18.8 Å². The van der Waals surface area contributed by atoms with Crippen LogP contribution in [0, 0.1) is 5.92 Å². The van der Waals surface area contributed by atoms with Crippen LogP contribution in [0.5, 0.6) is 0 Å². The van der Waals surface area contributed by atoms with Gasteiger partial charge in [-0.3, -0.25) is 4.79 Å². The fourth-order valence-electron chi connectivity index (χ4n) is 4.39. The second kappa shape index (κ2) is 6.91. The molecule has 0 spiro atoms. The lowest BCUT2D eigenvalue weighted by molar-refractivity contribution is 0.0691. The Labute approximate surface area is 167 Å². The lowest BCUT2D eigenvalue weighted by Crippen LogP contribution is -2.48. The Morgan fingerprint density at radius 1 is 1.11 bits per heavy atom. The highest BCUT2D eigenvalue weighted by atomic mass is 35.5. The fraction of sp³-hybridized carbons (Fsp3) is 0.300. The second-order valence-electron chi connectivity index (χ2n) is 7.31. The minimum Gasteiger partial charge on any atom is -0.365 e. The highest BCUT2D eigenvalue weighted by Crippen LogP contribution is 2.40. The van der Waals surface area contributed by atoms with E-state index >= 15 is 0 Å². The lowest BCUT2D eigenvalue weighted by Gasteiger charge is -2.34. The van der Waals surface area contributed by atoms with Gasteiger partial charge in [0.05, 0.1) is 34.7 Å². The number of halogens is 1. The average molecular weight is 395 g/mol. The molecule has 7 nitrogen and oxygen atoms in total. The molecule has 8 heteroatoms. The van der Waals surface area contributed by atoms with Crippen molar-refractivity contribution in [1.82, 2.24) is 24.9 Å². The van der Waals surface area contributed by atoms with Gasteiger partial charge in [0.15, 0.2) is 0 Å². The molecule has 5 rings (SSSR count). The summed E-state index contributed by atoms with van der Waals surface area (Å²) in [5.74, 6) is 1.32. The summed E-state index contributed by atoms with van der Waals surface area (Å²) in [6.07, 6.45) is 6.91. The molecule has 1 aliphatic heterocycles. The Hall–Kier alpha value is -2.93. The Balaban J connectivity index is 1.39. The summed E-state index contributed by atoms with van der Waals surface area (Å²) in [5.41, 5.74) is 1.32. The Kier molecular flexibility index (Phi) is 4.24. The molecule has 2 fully saturated rings. The quantitative estimate of drug-likeness (QED) is 0.736. The van der Waals surface area contributed by atoms with Gasteiger partial charge in [-0.1, -0.05) is 23.7 Å². The van der Waals surface area contributed by atoms with Crippen molar-refractivity contribution in [3.05, 3.63) is 65.6 Å². The normalized spacial score (nSPS) is 23.2. The average Bonchev–Trinajstić information content (AvgIpc) is 3.46. The zero-order valence-corrected chi connectivity index (χ0v) is 15.8. The molecular formula is C20H19ClN6O. The first-order chi connectivity index (χ1) is 13.7. The largest absolute Gasteiger partial charge is 0.365 e. The summed E-state index contributed by atoms with van der Waals surface area (Å²) in [5, 5.41) is 12.5. The summed E-state index contributed by atoms with van der Waals surface area (Å²) in [6.45, 7) is 0.788. The molecule has 1 saturated carbocycles. The van der Waals surface area contributed by atoms with Crippen molar-refractivity contribution in [2.45, 2.75) is 24.9 Å². The van der Waals surface area contributed by atoms with Crippen LogP contribution in [0.15, 0.2) is 55.0 Å². The lowest BCUT2D eigenvalue weighted by atomic mass is 10.0. The van der Waals surface area contributed by atoms with Crippen molar-refractivity contribution in [1.29, 1.82) is 0 Å².